The van der Waals surface area contributed by atoms with Crippen LogP contribution in [0.2, 0.25) is 0 Å². The molecule has 0 fully saturated rings. The van der Waals surface area contributed by atoms with Gasteiger partial charge in [-0.25, -0.2) is 19.2 Å². The van der Waals surface area contributed by atoms with Crippen LogP contribution in [-0.4, -0.2) is 37.1 Å². The summed E-state index contributed by atoms with van der Waals surface area (Å²) >= 11 is 6.66. The number of benzene rings is 2. The molecule has 0 saturated carbocycles. The Labute approximate surface area is 178 Å². The molecule has 0 unspecified atom stereocenters. The van der Waals surface area contributed by atoms with Gasteiger partial charge in [0.25, 0.3) is 0 Å². The van der Waals surface area contributed by atoms with E-state index in [1.807, 2.05) is 0 Å². The van der Waals surface area contributed by atoms with Crippen molar-refractivity contribution in [2.75, 3.05) is 13.2 Å². The highest BCUT2D eigenvalue weighted by Gasteiger charge is 2.43. The third-order valence-corrected chi connectivity index (χ3v) is 4.40. The molecule has 0 aromatic heterocycles. The van der Waals surface area contributed by atoms with Crippen molar-refractivity contribution in [2.24, 2.45) is 0 Å². The quantitative estimate of drug-likeness (QED) is 0.209. The first-order chi connectivity index (χ1) is 14.4. The third kappa shape index (κ3) is 6.02. The number of hydrogen-bond donors (Lipinski definition) is 0. The average molecular weight is 431 g/mol. The maximum atomic E-state index is 12.8. The Hall–Kier alpha value is -3.45. The maximum Gasteiger partial charge on any atom is 0.351 e. The van der Waals surface area contributed by atoms with Gasteiger partial charge in [0.05, 0.1) is 6.61 Å². The molecule has 7 nitrogen and oxygen atoms in total. The monoisotopic (exact) mass is 430 g/mol. The number of hydrogen-bond acceptors (Lipinski definition) is 7. The fourth-order valence-corrected chi connectivity index (χ4v) is 2.74. The van der Waals surface area contributed by atoms with Gasteiger partial charge in [-0.15, -0.1) is 0 Å². The molecule has 0 N–H and O–H groups in total. The van der Waals surface area contributed by atoms with Crippen molar-refractivity contribution in [2.45, 2.75) is 11.8 Å². The highest BCUT2D eigenvalue weighted by atomic mass is 35.5. The van der Waals surface area contributed by atoms with Crippen molar-refractivity contribution in [1.29, 1.82) is 0 Å². The normalized spacial score (nSPS) is 11.0. The van der Waals surface area contributed by atoms with Crippen LogP contribution in [0.4, 0.5) is 0 Å². The largest absolute Gasteiger partial charge is 0.463 e. The molecule has 0 radical (unpaired) electrons. The lowest BCUT2D eigenvalue weighted by molar-refractivity contribution is -0.167. The summed E-state index contributed by atoms with van der Waals surface area (Å²) in [6.45, 7) is 0.919. The SMILES string of the molecule is CCOC(=O)C=CC(=O)OCC(=O)OC(=O)C(Cl)(c1ccccc1)c1ccccc1. The second-order valence-corrected chi connectivity index (χ2v) is 6.41. The molecule has 0 spiro atoms. The smallest absolute Gasteiger partial charge is 0.351 e. The van der Waals surface area contributed by atoms with Crippen LogP contribution in [-0.2, 0) is 38.3 Å². The number of ether oxygens (including phenoxy) is 3. The summed E-state index contributed by atoms with van der Waals surface area (Å²) in [5.74, 6) is -3.86. The Morgan fingerprint density at radius 1 is 0.833 bits per heavy atom. The molecule has 0 aliphatic rings. The Balaban J connectivity index is 2.07. The standard InChI is InChI=1S/C22H19ClO7/c1-2-28-18(24)13-14-19(25)29-15-20(26)30-21(27)22(23,16-9-5-3-6-10-16)17-11-7-4-8-12-17/h3-14H,2,15H2,1H3. The zero-order valence-electron chi connectivity index (χ0n) is 16.1. The fourth-order valence-electron chi connectivity index (χ4n) is 2.45. The number of carbonyl (C=O) groups is 4. The Bertz CT molecular complexity index is 884. The van der Waals surface area contributed by atoms with E-state index in [9.17, 15) is 19.2 Å². The first-order valence-electron chi connectivity index (χ1n) is 8.94. The lowest BCUT2D eigenvalue weighted by atomic mass is 9.90. The summed E-state index contributed by atoms with van der Waals surface area (Å²) in [5, 5.41) is 0. The number of carbonyl (C=O) groups excluding carboxylic acids is 4. The van der Waals surface area contributed by atoms with E-state index < -0.39 is 35.4 Å². The zero-order valence-corrected chi connectivity index (χ0v) is 16.8. The summed E-state index contributed by atoms with van der Waals surface area (Å²) in [4.78, 5) is 45.7. The number of alkyl halides is 1. The van der Waals surface area contributed by atoms with E-state index in [2.05, 4.69) is 9.47 Å². The Morgan fingerprint density at radius 3 is 1.77 bits per heavy atom. The summed E-state index contributed by atoms with van der Waals surface area (Å²) < 4.78 is 14.1. The van der Waals surface area contributed by atoms with Gasteiger partial charge >= 0.3 is 23.9 Å². The molecule has 2 aromatic carbocycles. The lowest BCUT2D eigenvalue weighted by Crippen LogP contribution is -2.35. The number of halogens is 1. The molecule has 8 heteroatoms. The highest BCUT2D eigenvalue weighted by Crippen LogP contribution is 2.38. The van der Waals surface area contributed by atoms with Gasteiger partial charge in [0.15, 0.2) is 11.5 Å². The molecule has 0 amide bonds. The highest BCUT2D eigenvalue weighted by molar-refractivity contribution is 6.36. The number of rotatable bonds is 8. The van der Waals surface area contributed by atoms with Crippen LogP contribution in [0.3, 0.4) is 0 Å². The summed E-state index contributed by atoms with van der Waals surface area (Å²) in [7, 11) is 0. The molecule has 0 bridgehead atoms. The third-order valence-electron chi connectivity index (χ3n) is 3.81. The predicted octanol–water partition coefficient (Wildman–Crippen LogP) is 2.90. The van der Waals surface area contributed by atoms with Crippen LogP contribution in [0.25, 0.3) is 0 Å². The second kappa shape index (κ2) is 10.9. The van der Waals surface area contributed by atoms with Crippen molar-refractivity contribution >= 4 is 35.5 Å². The van der Waals surface area contributed by atoms with Crippen LogP contribution < -0.4 is 0 Å². The molecule has 0 aliphatic carbocycles. The molecule has 30 heavy (non-hydrogen) atoms. The van der Waals surface area contributed by atoms with Crippen molar-refractivity contribution in [3.63, 3.8) is 0 Å². The van der Waals surface area contributed by atoms with E-state index in [4.69, 9.17) is 16.3 Å². The van der Waals surface area contributed by atoms with E-state index in [0.717, 1.165) is 12.2 Å². The Morgan fingerprint density at radius 2 is 1.30 bits per heavy atom. The minimum Gasteiger partial charge on any atom is -0.463 e. The van der Waals surface area contributed by atoms with Gasteiger partial charge in [-0.3, -0.25) is 0 Å². The lowest BCUT2D eigenvalue weighted by Gasteiger charge is -2.25. The topological polar surface area (TPSA) is 96.0 Å². The molecule has 2 rings (SSSR count). The van der Waals surface area contributed by atoms with Gasteiger partial charge in [0.2, 0.25) is 0 Å². The molecule has 0 heterocycles. The van der Waals surface area contributed by atoms with Crippen LogP contribution >= 0.6 is 11.6 Å². The van der Waals surface area contributed by atoms with Crippen LogP contribution in [0.5, 0.6) is 0 Å². The van der Waals surface area contributed by atoms with E-state index in [0.29, 0.717) is 11.1 Å². The zero-order chi connectivity index (χ0) is 22.0. The minimum atomic E-state index is -1.77. The molecule has 156 valence electrons. The minimum absolute atomic E-state index is 0.148. The van der Waals surface area contributed by atoms with Crippen LogP contribution in [0.1, 0.15) is 18.1 Å². The van der Waals surface area contributed by atoms with E-state index >= 15 is 0 Å². The molecule has 0 aliphatic heterocycles. The van der Waals surface area contributed by atoms with E-state index in [1.54, 1.807) is 67.6 Å². The summed E-state index contributed by atoms with van der Waals surface area (Å²) in [5.41, 5.74) is 0.815. The van der Waals surface area contributed by atoms with Gasteiger partial charge in [0, 0.05) is 12.2 Å². The van der Waals surface area contributed by atoms with E-state index in [1.165, 1.54) is 0 Å². The van der Waals surface area contributed by atoms with Gasteiger partial charge in [-0.05, 0) is 18.1 Å². The fraction of sp³-hybridized carbons (Fsp3) is 0.182. The summed E-state index contributed by atoms with van der Waals surface area (Å²) in [6, 6.07) is 16.8. The van der Waals surface area contributed by atoms with Crippen molar-refractivity contribution in [1.82, 2.24) is 0 Å². The van der Waals surface area contributed by atoms with Gasteiger partial charge in [-0.1, -0.05) is 72.3 Å². The van der Waals surface area contributed by atoms with Crippen molar-refractivity contribution in [3.05, 3.63) is 83.9 Å². The molecule has 0 saturated heterocycles. The molecule has 2 aromatic rings. The molecule has 0 atom stereocenters. The first-order valence-corrected chi connectivity index (χ1v) is 9.32. The van der Waals surface area contributed by atoms with E-state index in [-0.39, 0.29) is 6.61 Å². The van der Waals surface area contributed by atoms with Crippen LogP contribution in [0, 0.1) is 0 Å². The Kier molecular flexibility index (Phi) is 8.31. The molecular weight excluding hydrogens is 412 g/mol. The van der Waals surface area contributed by atoms with Crippen molar-refractivity contribution < 1.29 is 33.4 Å². The first kappa shape index (κ1) is 22.8. The predicted molar refractivity (Wildman–Crippen MR) is 107 cm³/mol. The van der Waals surface area contributed by atoms with Gasteiger partial charge in [-0.2, -0.15) is 0 Å². The maximum absolute atomic E-state index is 12.8. The van der Waals surface area contributed by atoms with Crippen molar-refractivity contribution in [3.8, 4) is 0 Å². The number of esters is 4. The summed E-state index contributed by atoms with van der Waals surface area (Å²) in [6.07, 6.45) is 1.66. The van der Waals surface area contributed by atoms with Gasteiger partial charge in [0.1, 0.15) is 0 Å². The second-order valence-electron chi connectivity index (χ2n) is 5.85. The van der Waals surface area contributed by atoms with Gasteiger partial charge < -0.3 is 14.2 Å². The van der Waals surface area contributed by atoms with Crippen LogP contribution in [0.15, 0.2) is 72.8 Å². The average Bonchev–Trinajstić information content (AvgIpc) is 2.77. The molecular formula is C22H19ClO7.